The van der Waals surface area contributed by atoms with E-state index in [0.717, 1.165) is 19.4 Å². The average molecular weight is 302 g/mol. The third kappa shape index (κ3) is 5.90. The third-order valence-electron chi connectivity index (χ3n) is 3.29. The maximum absolute atomic E-state index is 11.6. The summed E-state index contributed by atoms with van der Waals surface area (Å²) in [6.07, 6.45) is 3.58. The number of amides is 1. The molecule has 7 heteroatoms. The molecule has 0 aliphatic carbocycles. The summed E-state index contributed by atoms with van der Waals surface area (Å²) in [4.78, 5) is 17.6. The van der Waals surface area contributed by atoms with E-state index in [1.807, 2.05) is 6.92 Å². The summed E-state index contributed by atoms with van der Waals surface area (Å²) in [6.45, 7) is 6.49. The van der Waals surface area contributed by atoms with E-state index in [9.17, 15) is 4.79 Å². The lowest BCUT2D eigenvalue weighted by Gasteiger charge is -2.31. The quantitative estimate of drug-likeness (QED) is 0.590. The van der Waals surface area contributed by atoms with Crippen LogP contribution in [-0.4, -0.2) is 60.7 Å². The van der Waals surface area contributed by atoms with E-state index < -0.39 is 0 Å². The number of hydrogen-bond donors (Lipinski definition) is 2. The molecular formula is C13H26N4O2S. The fraction of sp³-hybridized carbons (Fsp3) is 0.846. The standard InChI is InChI=1S/C13H26N4O2S/c1-4-19-13(18)17-7-5-11(6-8-17)16-12(14)15-9-10(2)20-3/h10-11H,4-9H2,1-3H3,(H3,14,15,16). The highest BCUT2D eigenvalue weighted by Gasteiger charge is 2.23. The second kappa shape index (κ2) is 8.94. The van der Waals surface area contributed by atoms with Crippen LogP contribution in [0, 0.1) is 0 Å². The predicted octanol–water partition coefficient (Wildman–Crippen LogP) is 1.26. The molecular weight excluding hydrogens is 276 g/mol. The molecule has 6 nitrogen and oxygen atoms in total. The first-order valence-corrected chi connectivity index (χ1v) is 8.36. The molecule has 0 aromatic heterocycles. The molecule has 1 aliphatic heterocycles. The summed E-state index contributed by atoms with van der Waals surface area (Å²) in [6, 6.07) is 0.286. The van der Waals surface area contributed by atoms with Gasteiger partial charge >= 0.3 is 6.09 Å². The fourth-order valence-corrected chi connectivity index (χ4v) is 2.20. The van der Waals surface area contributed by atoms with Gasteiger partial charge in [-0.15, -0.1) is 0 Å². The summed E-state index contributed by atoms with van der Waals surface area (Å²) in [5.41, 5.74) is 5.87. The zero-order chi connectivity index (χ0) is 15.0. The monoisotopic (exact) mass is 302 g/mol. The molecule has 1 rings (SSSR count). The van der Waals surface area contributed by atoms with Gasteiger partial charge in [-0.25, -0.2) is 4.79 Å². The first kappa shape index (κ1) is 16.9. The SMILES string of the molecule is CCOC(=O)N1CCC(NC(N)=NCC(C)SC)CC1. The predicted molar refractivity (Wildman–Crippen MR) is 84.2 cm³/mol. The second-order valence-corrected chi connectivity index (χ2v) is 6.15. The Morgan fingerprint density at radius 2 is 2.20 bits per heavy atom. The lowest BCUT2D eigenvalue weighted by atomic mass is 10.1. The van der Waals surface area contributed by atoms with Crippen LogP contribution in [0.25, 0.3) is 0 Å². The first-order chi connectivity index (χ1) is 9.56. The van der Waals surface area contributed by atoms with Gasteiger partial charge in [-0.3, -0.25) is 4.99 Å². The molecule has 0 bridgehead atoms. The Labute approximate surface area is 125 Å². The number of nitrogens with one attached hydrogen (secondary N) is 1. The number of ether oxygens (including phenoxy) is 1. The van der Waals surface area contributed by atoms with Gasteiger partial charge in [0, 0.05) is 24.4 Å². The van der Waals surface area contributed by atoms with Crippen molar-refractivity contribution in [1.29, 1.82) is 0 Å². The van der Waals surface area contributed by atoms with Gasteiger partial charge in [0.15, 0.2) is 5.96 Å². The van der Waals surface area contributed by atoms with Gasteiger partial charge in [0.25, 0.3) is 0 Å². The number of hydrogen-bond acceptors (Lipinski definition) is 4. The van der Waals surface area contributed by atoms with Crippen molar-refractivity contribution >= 4 is 23.8 Å². The number of piperidine rings is 1. The van der Waals surface area contributed by atoms with Crippen LogP contribution in [-0.2, 0) is 4.74 Å². The Morgan fingerprint density at radius 1 is 1.55 bits per heavy atom. The molecule has 1 fully saturated rings. The molecule has 1 heterocycles. The molecule has 20 heavy (non-hydrogen) atoms. The average Bonchev–Trinajstić information content (AvgIpc) is 2.45. The van der Waals surface area contributed by atoms with Crippen LogP contribution in [0.1, 0.15) is 26.7 Å². The summed E-state index contributed by atoms with van der Waals surface area (Å²) >= 11 is 1.77. The molecule has 0 aromatic rings. The molecule has 3 N–H and O–H groups in total. The van der Waals surface area contributed by atoms with Crippen molar-refractivity contribution < 1.29 is 9.53 Å². The van der Waals surface area contributed by atoms with Gasteiger partial charge in [-0.1, -0.05) is 6.92 Å². The lowest BCUT2D eigenvalue weighted by molar-refractivity contribution is 0.0963. The maximum atomic E-state index is 11.6. The largest absolute Gasteiger partial charge is 0.450 e. The Morgan fingerprint density at radius 3 is 2.75 bits per heavy atom. The van der Waals surface area contributed by atoms with Crippen LogP contribution < -0.4 is 11.1 Å². The molecule has 1 saturated heterocycles. The van der Waals surface area contributed by atoms with E-state index in [-0.39, 0.29) is 12.1 Å². The van der Waals surface area contributed by atoms with Crippen molar-refractivity contribution in [2.24, 2.45) is 10.7 Å². The molecule has 0 radical (unpaired) electrons. The lowest BCUT2D eigenvalue weighted by Crippen LogP contribution is -2.48. The molecule has 0 saturated carbocycles. The van der Waals surface area contributed by atoms with E-state index in [1.165, 1.54) is 0 Å². The van der Waals surface area contributed by atoms with Crippen LogP contribution in [0.5, 0.6) is 0 Å². The highest BCUT2D eigenvalue weighted by Crippen LogP contribution is 2.11. The highest BCUT2D eigenvalue weighted by atomic mass is 32.2. The smallest absolute Gasteiger partial charge is 0.409 e. The van der Waals surface area contributed by atoms with Gasteiger partial charge in [-0.2, -0.15) is 11.8 Å². The van der Waals surface area contributed by atoms with Crippen molar-refractivity contribution in [3.63, 3.8) is 0 Å². The van der Waals surface area contributed by atoms with Crippen LogP contribution in [0.4, 0.5) is 4.79 Å². The first-order valence-electron chi connectivity index (χ1n) is 7.07. The second-order valence-electron chi connectivity index (χ2n) is 4.88. The van der Waals surface area contributed by atoms with E-state index in [1.54, 1.807) is 16.7 Å². The molecule has 1 atom stereocenters. The van der Waals surface area contributed by atoms with Gasteiger partial charge < -0.3 is 20.7 Å². The van der Waals surface area contributed by atoms with Crippen LogP contribution in [0.3, 0.4) is 0 Å². The van der Waals surface area contributed by atoms with E-state index >= 15 is 0 Å². The molecule has 116 valence electrons. The van der Waals surface area contributed by atoms with Crippen molar-refractivity contribution in [1.82, 2.24) is 10.2 Å². The number of thioether (sulfide) groups is 1. The van der Waals surface area contributed by atoms with E-state index in [0.29, 0.717) is 30.9 Å². The summed E-state index contributed by atoms with van der Waals surface area (Å²) in [5, 5.41) is 3.70. The summed E-state index contributed by atoms with van der Waals surface area (Å²) in [7, 11) is 0. The zero-order valence-electron chi connectivity index (χ0n) is 12.6. The molecule has 1 unspecified atom stereocenters. The maximum Gasteiger partial charge on any atom is 0.409 e. The minimum atomic E-state index is -0.221. The Hall–Kier alpha value is -1.11. The van der Waals surface area contributed by atoms with E-state index in [2.05, 4.69) is 23.5 Å². The Kier molecular flexibility index (Phi) is 7.58. The molecule has 1 aliphatic rings. The van der Waals surface area contributed by atoms with Crippen molar-refractivity contribution in [2.75, 3.05) is 32.5 Å². The number of carbonyl (C=O) groups is 1. The number of rotatable bonds is 5. The minimum absolute atomic E-state index is 0.221. The Balaban J connectivity index is 2.29. The number of guanidine groups is 1. The number of likely N-dealkylation sites (tertiary alicyclic amines) is 1. The van der Waals surface area contributed by atoms with Gasteiger partial charge in [0.2, 0.25) is 0 Å². The molecule has 0 aromatic carbocycles. The molecule has 0 spiro atoms. The van der Waals surface area contributed by atoms with Gasteiger partial charge in [0.1, 0.15) is 0 Å². The number of nitrogens with zero attached hydrogens (tertiary/aromatic N) is 2. The van der Waals surface area contributed by atoms with Gasteiger partial charge in [0.05, 0.1) is 13.2 Å². The zero-order valence-corrected chi connectivity index (χ0v) is 13.4. The normalized spacial score (nSPS) is 18.8. The summed E-state index contributed by atoms with van der Waals surface area (Å²) < 4.78 is 4.99. The number of nitrogens with two attached hydrogens (primary N) is 1. The van der Waals surface area contributed by atoms with E-state index in [4.69, 9.17) is 10.5 Å². The highest BCUT2D eigenvalue weighted by molar-refractivity contribution is 7.99. The number of carbonyl (C=O) groups excluding carboxylic acids is 1. The topological polar surface area (TPSA) is 80.0 Å². The van der Waals surface area contributed by atoms with Crippen molar-refractivity contribution in [3.05, 3.63) is 0 Å². The van der Waals surface area contributed by atoms with Crippen molar-refractivity contribution in [2.45, 2.75) is 38.0 Å². The summed E-state index contributed by atoms with van der Waals surface area (Å²) in [5.74, 6) is 0.500. The molecule has 1 amide bonds. The van der Waals surface area contributed by atoms with Crippen molar-refractivity contribution in [3.8, 4) is 0 Å². The fourth-order valence-electron chi connectivity index (χ4n) is 1.98. The third-order valence-corrected chi connectivity index (χ3v) is 4.25. The van der Waals surface area contributed by atoms with Crippen LogP contribution >= 0.6 is 11.8 Å². The number of aliphatic imine (C=N–C) groups is 1. The Bertz CT molecular complexity index is 330. The van der Waals surface area contributed by atoms with Crippen LogP contribution in [0.15, 0.2) is 4.99 Å². The van der Waals surface area contributed by atoms with Crippen LogP contribution in [0.2, 0.25) is 0 Å². The van der Waals surface area contributed by atoms with Gasteiger partial charge in [-0.05, 0) is 26.0 Å². The minimum Gasteiger partial charge on any atom is -0.450 e.